The Kier molecular flexibility index (Phi) is 5.55. The van der Waals surface area contributed by atoms with E-state index < -0.39 is 16.3 Å². The molecule has 1 aromatic heterocycles. The lowest BCUT2D eigenvalue weighted by Crippen LogP contribution is -2.62. The number of β-lactam (4-membered cyclic amide) rings is 1. The summed E-state index contributed by atoms with van der Waals surface area (Å²) in [6.07, 6.45) is 0. The minimum atomic E-state index is -0.885. The number of nitrogens with one attached hydrogen (secondary N) is 1. The molecule has 180 valence electrons. The summed E-state index contributed by atoms with van der Waals surface area (Å²) in [5, 5.41) is 19.1. The van der Waals surface area contributed by atoms with Crippen LogP contribution in [0.4, 0.5) is 17.1 Å². The highest BCUT2D eigenvalue weighted by molar-refractivity contribution is 7.99. The number of aromatic amines is 1. The van der Waals surface area contributed by atoms with Gasteiger partial charge in [-0.3, -0.25) is 20.0 Å². The number of halogens is 1. The van der Waals surface area contributed by atoms with Gasteiger partial charge in [-0.2, -0.15) is 5.10 Å². The zero-order chi connectivity index (χ0) is 25.0. The van der Waals surface area contributed by atoms with E-state index in [4.69, 9.17) is 23.8 Å². The van der Waals surface area contributed by atoms with E-state index in [0.717, 1.165) is 21.2 Å². The molecule has 4 aromatic rings. The van der Waals surface area contributed by atoms with Crippen LogP contribution in [0, 0.1) is 14.9 Å². The number of carbonyl (C=O) groups excluding carboxylic acids is 1. The predicted octanol–water partition coefficient (Wildman–Crippen LogP) is 5.48. The lowest BCUT2D eigenvalue weighted by Gasteiger charge is -2.44. The first-order valence-corrected chi connectivity index (χ1v) is 12.6. The van der Waals surface area contributed by atoms with Crippen LogP contribution in [0.3, 0.4) is 0 Å². The van der Waals surface area contributed by atoms with Crippen molar-refractivity contribution in [2.75, 3.05) is 9.91 Å². The molecule has 9 nitrogen and oxygen atoms in total. The Labute approximate surface area is 219 Å². The van der Waals surface area contributed by atoms with Gasteiger partial charge in [0.2, 0.25) is 4.77 Å². The number of H-pyrrole nitrogens is 1. The molecule has 1 amide bonds. The third-order valence-electron chi connectivity index (χ3n) is 6.19. The van der Waals surface area contributed by atoms with Gasteiger partial charge in [0.15, 0.2) is 5.82 Å². The average Bonchev–Trinajstić information content (AvgIpc) is 3.25. The highest BCUT2D eigenvalue weighted by atomic mass is 35.5. The number of benzene rings is 3. The fourth-order valence-corrected chi connectivity index (χ4v) is 6.22. The van der Waals surface area contributed by atoms with Gasteiger partial charge in [-0.05, 0) is 42.0 Å². The SMILES string of the molecule is O=C1C(Cl)C(c2cccc([N+](=O)[O-])c2)N1n1c(CN2c3ccccc3Sc3ccccc32)n[nH]c1=S. The van der Waals surface area contributed by atoms with E-state index in [2.05, 4.69) is 27.2 Å². The van der Waals surface area contributed by atoms with Gasteiger partial charge in [0, 0.05) is 21.9 Å². The quantitative estimate of drug-likeness (QED) is 0.118. The molecule has 0 bridgehead atoms. The van der Waals surface area contributed by atoms with Crippen LogP contribution in [-0.2, 0) is 11.3 Å². The zero-order valence-corrected chi connectivity index (χ0v) is 20.8. The number of non-ortho nitro benzene ring substituents is 1. The second kappa shape index (κ2) is 8.77. The molecule has 2 atom stereocenters. The minimum Gasteiger partial charge on any atom is -0.332 e. The Hall–Kier alpha value is -3.67. The molecule has 2 aliphatic rings. The van der Waals surface area contributed by atoms with Crippen LogP contribution < -0.4 is 9.91 Å². The standard InChI is InChI=1S/C24H17ClN6O3S2/c25-21-22(14-6-5-7-15(12-14)31(33)34)30(23(21)32)29-20(26-27-24(29)35)13-28-16-8-1-3-10-18(16)36-19-11-4-2-9-17(19)28/h1-12,21-22H,13H2,(H,27,35). The Morgan fingerprint density at radius 3 is 2.39 bits per heavy atom. The summed E-state index contributed by atoms with van der Waals surface area (Å²) in [6.45, 7) is 0.320. The molecule has 12 heteroatoms. The molecule has 0 radical (unpaired) electrons. The predicted molar refractivity (Wildman–Crippen MR) is 139 cm³/mol. The monoisotopic (exact) mass is 536 g/mol. The number of amides is 1. The Morgan fingerprint density at radius 1 is 1.06 bits per heavy atom. The molecule has 1 N–H and O–H groups in total. The number of fused-ring (bicyclic) bond motifs is 2. The first-order valence-electron chi connectivity index (χ1n) is 11.0. The number of para-hydroxylation sites is 2. The number of carbonyl (C=O) groups is 1. The summed E-state index contributed by atoms with van der Waals surface area (Å²) in [4.78, 5) is 28.2. The van der Waals surface area contributed by atoms with Crippen molar-refractivity contribution in [3.05, 3.63) is 99.1 Å². The Balaban J connectivity index is 1.41. The molecular formula is C24H17ClN6O3S2. The van der Waals surface area contributed by atoms with Crippen LogP contribution in [0.25, 0.3) is 0 Å². The van der Waals surface area contributed by atoms with E-state index in [0.29, 0.717) is 17.9 Å². The summed E-state index contributed by atoms with van der Waals surface area (Å²) in [7, 11) is 0. The van der Waals surface area contributed by atoms with Gasteiger partial charge in [-0.1, -0.05) is 48.2 Å². The molecule has 3 heterocycles. The van der Waals surface area contributed by atoms with Crippen molar-refractivity contribution < 1.29 is 9.72 Å². The zero-order valence-electron chi connectivity index (χ0n) is 18.4. The van der Waals surface area contributed by atoms with Gasteiger partial charge in [0.1, 0.15) is 11.4 Å². The number of nitrogens with zero attached hydrogens (tertiary/aromatic N) is 5. The van der Waals surface area contributed by atoms with Gasteiger partial charge >= 0.3 is 0 Å². The summed E-state index contributed by atoms with van der Waals surface area (Å²) < 4.78 is 1.78. The van der Waals surface area contributed by atoms with E-state index in [-0.39, 0.29) is 16.4 Å². The summed E-state index contributed by atoms with van der Waals surface area (Å²) in [5.74, 6) is 0.144. The smallest absolute Gasteiger partial charge is 0.269 e. The molecular weight excluding hydrogens is 520 g/mol. The van der Waals surface area contributed by atoms with Gasteiger partial charge in [-0.25, -0.2) is 9.69 Å². The first kappa shape index (κ1) is 22.8. The Bertz CT molecular complexity index is 1540. The fourth-order valence-electron chi connectivity index (χ4n) is 4.54. The second-order valence-corrected chi connectivity index (χ2v) is 10.2. The number of nitro groups is 1. The van der Waals surface area contributed by atoms with Crippen molar-refractivity contribution in [2.45, 2.75) is 27.8 Å². The topological polar surface area (TPSA) is 100 Å². The number of hydrogen-bond acceptors (Lipinski definition) is 7. The third kappa shape index (κ3) is 3.58. The average molecular weight is 537 g/mol. The number of anilines is 2. The lowest BCUT2D eigenvalue weighted by atomic mass is 9.95. The van der Waals surface area contributed by atoms with Crippen LogP contribution in [0.5, 0.6) is 0 Å². The maximum Gasteiger partial charge on any atom is 0.269 e. The van der Waals surface area contributed by atoms with Crippen LogP contribution in [0.2, 0.25) is 0 Å². The van der Waals surface area contributed by atoms with E-state index in [1.54, 1.807) is 28.6 Å². The van der Waals surface area contributed by atoms with Crippen molar-refractivity contribution >= 4 is 58.6 Å². The highest BCUT2D eigenvalue weighted by Gasteiger charge is 2.50. The van der Waals surface area contributed by atoms with Gasteiger partial charge in [0.05, 0.1) is 22.8 Å². The normalized spacial score (nSPS) is 18.4. The third-order valence-corrected chi connectivity index (χ3v) is 8.01. The molecule has 0 aliphatic carbocycles. The largest absolute Gasteiger partial charge is 0.332 e. The van der Waals surface area contributed by atoms with Crippen LogP contribution in [0.1, 0.15) is 17.4 Å². The molecule has 0 spiro atoms. The summed E-state index contributed by atoms with van der Waals surface area (Å²) in [5.41, 5.74) is 2.50. The Morgan fingerprint density at radius 2 is 1.72 bits per heavy atom. The van der Waals surface area contributed by atoms with Crippen LogP contribution in [-0.4, -0.2) is 31.1 Å². The van der Waals surface area contributed by atoms with Crippen molar-refractivity contribution in [2.24, 2.45) is 0 Å². The van der Waals surface area contributed by atoms with E-state index in [1.165, 1.54) is 17.1 Å². The van der Waals surface area contributed by atoms with Crippen molar-refractivity contribution in [3.63, 3.8) is 0 Å². The molecule has 6 rings (SSSR count). The minimum absolute atomic E-state index is 0.0780. The van der Waals surface area contributed by atoms with Crippen LogP contribution in [0.15, 0.2) is 82.6 Å². The fraction of sp³-hybridized carbons (Fsp3) is 0.125. The molecule has 36 heavy (non-hydrogen) atoms. The number of nitro benzene ring substituents is 1. The van der Waals surface area contributed by atoms with E-state index in [1.807, 2.05) is 36.4 Å². The second-order valence-electron chi connectivity index (χ2n) is 8.26. The maximum absolute atomic E-state index is 13.0. The first-order chi connectivity index (χ1) is 17.4. The molecule has 0 saturated carbocycles. The van der Waals surface area contributed by atoms with Crippen molar-refractivity contribution in [1.29, 1.82) is 0 Å². The highest BCUT2D eigenvalue weighted by Crippen LogP contribution is 2.48. The van der Waals surface area contributed by atoms with E-state index in [9.17, 15) is 14.9 Å². The molecule has 1 saturated heterocycles. The molecule has 3 aromatic carbocycles. The molecule has 1 fully saturated rings. The number of alkyl halides is 1. The van der Waals surface area contributed by atoms with Gasteiger partial charge < -0.3 is 4.90 Å². The number of rotatable bonds is 5. The lowest BCUT2D eigenvalue weighted by molar-refractivity contribution is -0.384. The number of aromatic nitrogens is 3. The molecule has 2 unspecified atom stereocenters. The van der Waals surface area contributed by atoms with E-state index >= 15 is 0 Å². The van der Waals surface area contributed by atoms with Crippen LogP contribution >= 0.6 is 35.6 Å². The van der Waals surface area contributed by atoms with Gasteiger partial charge in [-0.15, -0.1) is 11.6 Å². The molecule has 2 aliphatic heterocycles. The van der Waals surface area contributed by atoms with Crippen molar-refractivity contribution in [1.82, 2.24) is 14.9 Å². The van der Waals surface area contributed by atoms with Gasteiger partial charge in [0.25, 0.3) is 11.6 Å². The number of hydrogen-bond donors (Lipinski definition) is 1. The maximum atomic E-state index is 13.0. The van der Waals surface area contributed by atoms with Crippen molar-refractivity contribution in [3.8, 4) is 0 Å². The summed E-state index contributed by atoms with van der Waals surface area (Å²) >= 11 is 13.6. The summed E-state index contributed by atoms with van der Waals surface area (Å²) in [6, 6.07) is 21.6.